The van der Waals surface area contributed by atoms with Crippen molar-refractivity contribution in [2.24, 2.45) is 5.92 Å². The van der Waals surface area contributed by atoms with Crippen LogP contribution in [0.1, 0.15) is 39.5 Å². The monoisotopic (exact) mass is 362 g/mol. The molecule has 1 fully saturated rings. The summed E-state index contributed by atoms with van der Waals surface area (Å²) in [6.45, 7) is 8.61. The number of furan rings is 1. The van der Waals surface area contributed by atoms with Gasteiger partial charge in [0.05, 0.1) is 12.8 Å². The number of hydrogen-bond donors (Lipinski definition) is 1. The lowest BCUT2D eigenvalue weighted by atomic mass is 9.98. The number of likely N-dealkylation sites (tertiary alicyclic amines) is 1. The molecule has 142 valence electrons. The van der Waals surface area contributed by atoms with Crippen LogP contribution in [0, 0.1) is 5.92 Å². The summed E-state index contributed by atoms with van der Waals surface area (Å²) in [6, 6.07) is 3.57. The number of piperidine rings is 1. The van der Waals surface area contributed by atoms with Crippen LogP contribution in [-0.4, -0.2) is 46.4 Å². The van der Waals surface area contributed by atoms with Crippen LogP contribution in [-0.2, 0) is 11.3 Å². The Balaban J connectivity index is 1.47. The van der Waals surface area contributed by atoms with Crippen LogP contribution in [0.25, 0.3) is 11.7 Å². The first-order chi connectivity index (χ1) is 12.4. The molecule has 1 atom stereocenters. The van der Waals surface area contributed by atoms with Crippen LogP contribution in [0.5, 0.6) is 0 Å². The molecule has 0 bridgehead atoms. The van der Waals surface area contributed by atoms with Gasteiger partial charge in [-0.1, -0.05) is 0 Å². The quantitative estimate of drug-likeness (QED) is 0.873. The van der Waals surface area contributed by atoms with Gasteiger partial charge in [0, 0.05) is 13.1 Å². The average Bonchev–Trinajstić information content (AvgIpc) is 3.23. The smallest absolute Gasteiger partial charge is 0.407 e. The molecule has 0 aliphatic carbocycles. The zero-order valence-electron chi connectivity index (χ0n) is 15.5. The Labute approximate surface area is 152 Å². The highest BCUT2D eigenvalue weighted by atomic mass is 16.6. The molecule has 0 spiro atoms. The summed E-state index contributed by atoms with van der Waals surface area (Å²) in [5.74, 6) is 1.91. The van der Waals surface area contributed by atoms with Crippen LogP contribution >= 0.6 is 0 Å². The van der Waals surface area contributed by atoms with Crippen molar-refractivity contribution in [1.82, 2.24) is 20.4 Å². The van der Waals surface area contributed by atoms with Crippen molar-refractivity contribution in [2.75, 3.05) is 19.6 Å². The highest BCUT2D eigenvalue weighted by Gasteiger charge is 2.23. The van der Waals surface area contributed by atoms with Crippen molar-refractivity contribution in [2.45, 2.75) is 45.8 Å². The number of rotatable bonds is 5. The maximum absolute atomic E-state index is 11.8. The lowest BCUT2D eigenvalue weighted by Crippen LogP contribution is -2.41. The van der Waals surface area contributed by atoms with Crippen molar-refractivity contribution >= 4 is 6.09 Å². The van der Waals surface area contributed by atoms with E-state index in [0.29, 0.717) is 36.5 Å². The number of ether oxygens (including phenoxy) is 1. The minimum absolute atomic E-state index is 0.366. The third-order valence-electron chi connectivity index (χ3n) is 4.09. The van der Waals surface area contributed by atoms with E-state index in [2.05, 4.69) is 20.4 Å². The summed E-state index contributed by atoms with van der Waals surface area (Å²) in [6.07, 6.45) is 3.36. The van der Waals surface area contributed by atoms with Crippen LogP contribution in [0.4, 0.5) is 4.79 Å². The van der Waals surface area contributed by atoms with Crippen LogP contribution in [0.15, 0.2) is 27.2 Å². The first-order valence-corrected chi connectivity index (χ1v) is 8.94. The number of carbonyl (C=O) groups excluding carboxylic acids is 1. The summed E-state index contributed by atoms with van der Waals surface area (Å²) < 4.78 is 16.2. The number of hydrogen-bond acceptors (Lipinski definition) is 7. The second kappa shape index (κ2) is 7.90. The molecule has 2 aromatic rings. The van der Waals surface area contributed by atoms with E-state index < -0.39 is 5.60 Å². The second-order valence-electron chi connectivity index (χ2n) is 7.60. The average molecular weight is 362 g/mol. The summed E-state index contributed by atoms with van der Waals surface area (Å²) in [7, 11) is 0. The molecule has 3 heterocycles. The molecule has 1 N–H and O–H groups in total. The molecule has 0 radical (unpaired) electrons. The van der Waals surface area contributed by atoms with Gasteiger partial charge in [-0.05, 0) is 58.2 Å². The van der Waals surface area contributed by atoms with Crippen LogP contribution in [0.2, 0.25) is 0 Å². The maximum Gasteiger partial charge on any atom is 0.407 e. The number of alkyl carbamates (subject to hydrolysis) is 1. The fourth-order valence-electron chi connectivity index (χ4n) is 3.01. The zero-order valence-corrected chi connectivity index (χ0v) is 15.5. The van der Waals surface area contributed by atoms with Crippen molar-refractivity contribution < 1.29 is 18.4 Å². The van der Waals surface area contributed by atoms with E-state index in [1.54, 1.807) is 18.4 Å². The van der Waals surface area contributed by atoms with E-state index >= 15 is 0 Å². The van der Waals surface area contributed by atoms with E-state index in [4.69, 9.17) is 13.6 Å². The van der Waals surface area contributed by atoms with E-state index in [-0.39, 0.29) is 6.09 Å². The van der Waals surface area contributed by atoms with Gasteiger partial charge in [0.1, 0.15) is 5.60 Å². The van der Waals surface area contributed by atoms with Gasteiger partial charge in [-0.3, -0.25) is 4.90 Å². The predicted molar refractivity (Wildman–Crippen MR) is 94.2 cm³/mol. The van der Waals surface area contributed by atoms with Crippen molar-refractivity contribution in [3.8, 4) is 11.7 Å². The highest BCUT2D eigenvalue weighted by Crippen LogP contribution is 2.21. The molecule has 0 aromatic carbocycles. The fourth-order valence-corrected chi connectivity index (χ4v) is 3.01. The van der Waals surface area contributed by atoms with Gasteiger partial charge in [-0.2, -0.15) is 0 Å². The summed E-state index contributed by atoms with van der Waals surface area (Å²) in [5.41, 5.74) is -0.480. The van der Waals surface area contributed by atoms with Gasteiger partial charge in [0.25, 0.3) is 5.89 Å². The molecule has 8 nitrogen and oxygen atoms in total. The molecule has 2 aromatic heterocycles. The van der Waals surface area contributed by atoms with E-state index in [9.17, 15) is 4.79 Å². The minimum Gasteiger partial charge on any atom is -0.459 e. The molecule has 1 saturated heterocycles. The normalized spacial score (nSPS) is 18.7. The molecule has 3 rings (SSSR count). The van der Waals surface area contributed by atoms with Crippen LogP contribution in [0.3, 0.4) is 0 Å². The molecular weight excluding hydrogens is 336 g/mol. The molecule has 0 saturated carbocycles. The number of nitrogens with zero attached hydrogens (tertiary/aromatic N) is 3. The molecule has 8 heteroatoms. The Bertz CT molecular complexity index is 705. The first-order valence-electron chi connectivity index (χ1n) is 8.94. The van der Waals surface area contributed by atoms with Gasteiger partial charge in [0.2, 0.25) is 5.89 Å². The van der Waals surface area contributed by atoms with E-state index in [1.165, 1.54) is 0 Å². The Morgan fingerprint density at radius 1 is 1.42 bits per heavy atom. The third kappa shape index (κ3) is 5.32. The zero-order chi connectivity index (χ0) is 18.6. The molecule has 26 heavy (non-hydrogen) atoms. The van der Waals surface area contributed by atoms with Gasteiger partial charge < -0.3 is 18.9 Å². The second-order valence-corrected chi connectivity index (χ2v) is 7.60. The van der Waals surface area contributed by atoms with Crippen molar-refractivity contribution in [3.63, 3.8) is 0 Å². The van der Waals surface area contributed by atoms with Crippen molar-refractivity contribution in [1.29, 1.82) is 0 Å². The third-order valence-corrected chi connectivity index (χ3v) is 4.09. The Kier molecular flexibility index (Phi) is 5.61. The van der Waals surface area contributed by atoms with Gasteiger partial charge in [-0.25, -0.2) is 4.79 Å². The van der Waals surface area contributed by atoms with Crippen LogP contribution < -0.4 is 5.32 Å². The van der Waals surface area contributed by atoms with E-state index in [1.807, 2.05) is 20.8 Å². The minimum atomic E-state index is -0.480. The SMILES string of the molecule is CC(C)(C)OC(=O)NCC1CCCN(Cc2nnc(-c3ccco3)o2)C1. The predicted octanol–water partition coefficient (Wildman–Crippen LogP) is 3.07. The molecular formula is C18H26N4O4. The summed E-state index contributed by atoms with van der Waals surface area (Å²) in [5, 5.41) is 11.0. The molecule has 1 aliphatic rings. The fraction of sp³-hybridized carbons (Fsp3) is 0.611. The largest absolute Gasteiger partial charge is 0.459 e. The molecule has 1 amide bonds. The van der Waals surface area contributed by atoms with Gasteiger partial charge in [-0.15, -0.1) is 10.2 Å². The molecule has 1 unspecified atom stereocenters. The Hall–Kier alpha value is -2.35. The number of aromatic nitrogens is 2. The number of carbonyl (C=O) groups is 1. The van der Waals surface area contributed by atoms with E-state index in [0.717, 1.165) is 25.9 Å². The van der Waals surface area contributed by atoms with Crippen molar-refractivity contribution in [3.05, 3.63) is 24.3 Å². The standard InChI is InChI=1S/C18H26N4O4/c1-18(2,3)26-17(23)19-10-13-6-4-8-22(11-13)12-15-20-21-16(25-15)14-7-5-9-24-14/h5,7,9,13H,4,6,8,10-12H2,1-3H3,(H,19,23). The highest BCUT2D eigenvalue weighted by molar-refractivity contribution is 5.67. The lowest BCUT2D eigenvalue weighted by molar-refractivity contribution is 0.0504. The Morgan fingerprint density at radius 2 is 2.27 bits per heavy atom. The number of amides is 1. The lowest BCUT2D eigenvalue weighted by Gasteiger charge is -2.32. The topological polar surface area (TPSA) is 93.6 Å². The van der Waals surface area contributed by atoms with Gasteiger partial charge >= 0.3 is 6.09 Å². The molecule has 1 aliphatic heterocycles. The maximum atomic E-state index is 11.8. The van der Waals surface area contributed by atoms with Gasteiger partial charge in [0.15, 0.2) is 5.76 Å². The number of nitrogens with one attached hydrogen (secondary N) is 1. The Morgan fingerprint density at radius 3 is 3.00 bits per heavy atom. The summed E-state index contributed by atoms with van der Waals surface area (Å²) >= 11 is 0. The first kappa shape index (κ1) is 18.4. The summed E-state index contributed by atoms with van der Waals surface area (Å²) in [4.78, 5) is 14.1.